The highest BCUT2D eigenvalue weighted by Crippen LogP contribution is 2.34. The first-order valence-electron chi connectivity index (χ1n) is 9.24. The van der Waals surface area contributed by atoms with E-state index in [0.29, 0.717) is 5.82 Å². The van der Waals surface area contributed by atoms with Crippen molar-refractivity contribution in [3.05, 3.63) is 66.1 Å². The van der Waals surface area contributed by atoms with E-state index in [1.54, 1.807) is 17.1 Å². The summed E-state index contributed by atoms with van der Waals surface area (Å²) in [4.78, 5) is 13.7. The number of nitrogens with one attached hydrogen (secondary N) is 1. The summed E-state index contributed by atoms with van der Waals surface area (Å²) in [6, 6.07) is 12.8. The Balaban J connectivity index is 1.61. The Morgan fingerprint density at radius 2 is 1.93 bits per heavy atom. The third-order valence-corrected chi connectivity index (χ3v) is 5.21. The number of aryl methyl sites for hydroxylation is 2. The highest BCUT2D eigenvalue weighted by atomic mass is 15.3. The average molecular weight is 356 g/mol. The van der Waals surface area contributed by atoms with E-state index in [0.717, 1.165) is 35.3 Å². The lowest BCUT2D eigenvalue weighted by atomic mass is 9.88. The van der Waals surface area contributed by atoms with Crippen LogP contribution in [0.3, 0.4) is 0 Å². The van der Waals surface area contributed by atoms with E-state index in [1.807, 2.05) is 25.4 Å². The van der Waals surface area contributed by atoms with Gasteiger partial charge in [-0.25, -0.2) is 9.97 Å². The fourth-order valence-corrected chi connectivity index (χ4v) is 3.83. The molecule has 0 saturated heterocycles. The molecule has 5 rings (SSSR count). The van der Waals surface area contributed by atoms with Gasteiger partial charge in [0.1, 0.15) is 5.82 Å². The average Bonchev–Trinajstić information content (AvgIpc) is 3.10. The molecule has 134 valence electrons. The van der Waals surface area contributed by atoms with Gasteiger partial charge < -0.3 is 5.32 Å². The molecule has 3 heterocycles. The van der Waals surface area contributed by atoms with Gasteiger partial charge in [0.2, 0.25) is 0 Å². The molecule has 1 atom stereocenters. The molecule has 1 aromatic carbocycles. The minimum absolute atomic E-state index is 0.249. The van der Waals surface area contributed by atoms with E-state index >= 15 is 0 Å². The molecule has 0 spiro atoms. The Hall–Kier alpha value is -3.28. The third kappa shape index (κ3) is 2.83. The van der Waals surface area contributed by atoms with Gasteiger partial charge in [0, 0.05) is 25.0 Å². The van der Waals surface area contributed by atoms with Crippen LogP contribution < -0.4 is 5.32 Å². The van der Waals surface area contributed by atoms with E-state index in [4.69, 9.17) is 9.97 Å². The van der Waals surface area contributed by atoms with Crippen LogP contribution in [0.4, 0.5) is 5.82 Å². The van der Waals surface area contributed by atoms with Gasteiger partial charge in [-0.3, -0.25) is 9.67 Å². The molecule has 4 aromatic rings. The maximum Gasteiger partial charge on any atom is 0.164 e. The quantitative estimate of drug-likeness (QED) is 0.603. The maximum atomic E-state index is 4.85. The third-order valence-electron chi connectivity index (χ3n) is 5.21. The van der Waals surface area contributed by atoms with Crippen molar-refractivity contribution in [1.29, 1.82) is 0 Å². The first-order valence-corrected chi connectivity index (χ1v) is 9.24. The number of anilines is 1. The summed E-state index contributed by atoms with van der Waals surface area (Å²) >= 11 is 0. The smallest absolute Gasteiger partial charge is 0.164 e. The van der Waals surface area contributed by atoms with E-state index in [9.17, 15) is 0 Å². The standard InChI is InChI=1S/C21H20N6/c1-27-21-17(13-23-27)20(25-19(26-21)15-9-11-22-12-10-15)24-18-8-4-6-14-5-2-3-7-16(14)18/h2-3,5,7,9-13,18H,4,6,8H2,1H3,(H,24,25,26)/t18-/m1/s1. The predicted molar refractivity (Wildman–Crippen MR) is 105 cm³/mol. The second-order valence-electron chi connectivity index (χ2n) is 6.93. The van der Waals surface area contributed by atoms with Crippen LogP contribution in [0.1, 0.15) is 30.0 Å². The highest BCUT2D eigenvalue weighted by molar-refractivity contribution is 5.88. The second-order valence-corrected chi connectivity index (χ2v) is 6.93. The van der Waals surface area contributed by atoms with Crippen LogP contribution in [0.15, 0.2) is 55.0 Å². The highest BCUT2D eigenvalue weighted by Gasteiger charge is 2.22. The Bertz CT molecular complexity index is 1100. The van der Waals surface area contributed by atoms with Crippen molar-refractivity contribution in [1.82, 2.24) is 24.7 Å². The van der Waals surface area contributed by atoms with E-state index in [-0.39, 0.29) is 6.04 Å². The van der Waals surface area contributed by atoms with Crippen LogP contribution in [0.5, 0.6) is 0 Å². The number of nitrogens with zero attached hydrogens (tertiary/aromatic N) is 5. The summed E-state index contributed by atoms with van der Waals surface area (Å²) in [6.07, 6.45) is 8.76. The summed E-state index contributed by atoms with van der Waals surface area (Å²) in [7, 11) is 1.91. The molecule has 6 heteroatoms. The van der Waals surface area contributed by atoms with Gasteiger partial charge in [-0.05, 0) is 42.5 Å². The normalized spacial score (nSPS) is 16.3. The fourth-order valence-electron chi connectivity index (χ4n) is 3.83. The Labute approximate surface area is 157 Å². The topological polar surface area (TPSA) is 68.5 Å². The van der Waals surface area contributed by atoms with Crippen molar-refractivity contribution >= 4 is 16.9 Å². The zero-order valence-corrected chi connectivity index (χ0v) is 15.1. The summed E-state index contributed by atoms with van der Waals surface area (Å²) < 4.78 is 1.79. The van der Waals surface area contributed by atoms with Crippen molar-refractivity contribution < 1.29 is 0 Å². The lowest BCUT2D eigenvalue weighted by Gasteiger charge is -2.27. The maximum absolute atomic E-state index is 4.85. The predicted octanol–water partition coefficient (Wildman–Crippen LogP) is 3.91. The number of fused-ring (bicyclic) bond motifs is 2. The zero-order chi connectivity index (χ0) is 18.2. The molecule has 0 radical (unpaired) electrons. The molecular weight excluding hydrogens is 336 g/mol. The van der Waals surface area contributed by atoms with Gasteiger partial charge in [0.05, 0.1) is 17.6 Å². The van der Waals surface area contributed by atoms with Crippen LogP contribution in [-0.2, 0) is 13.5 Å². The molecule has 27 heavy (non-hydrogen) atoms. The van der Waals surface area contributed by atoms with Crippen LogP contribution in [0, 0.1) is 0 Å². The lowest BCUT2D eigenvalue weighted by Crippen LogP contribution is -2.18. The minimum atomic E-state index is 0.249. The van der Waals surface area contributed by atoms with Gasteiger partial charge in [-0.1, -0.05) is 24.3 Å². The number of pyridine rings is 1. The number of aromatic nitrogens is 5. The van der Waals surface area contributed by atoms with Gasteiger partial charge in [-0.2, -0.15) is 5.10 Å². The van der Waals surface area contributed by atoms with Crippen molar-refractivity contribution in [2.24, 2.45) is 7.05 Å². The summed E-state index contributed by atoms with van der Waals surface area (Å²) in [5.74, 6) is 1.52. The Morgan fingerprint density at radius 1 is 1.07 bits per heavy atom. The molecular formula is C21H20N6. The molecule has 0 bridgehead atoms. The molecule has 0 aliphatic heterocycles. The molecule has 0 saturated carbocycles. The van der Waals surface area contributed by atoms with Gasteiger partial charge in [-0.15, -0.1) is 0 Å². The number of benzene rings is 1. The van der Waals surface area contributed by atoms with Crippen LogP contribution in [0.25, 0.3) is 22.4 Å². The van der Waals surface area contributed by atoms with Gasteiger partial charge in [0.15, 0.2) is 11.5 Å². The molecule has 3 aromatic heterocycles. The fraction of sp³-hybridized carbons (Fsp3) is 0.238. The van der Waals surface area contributed by atoms with Crippen molar-refractivity contribution in [3.8, 4) is 11.4 Å². The van der Waals surface area contributed by atoms with Gasteiger partial charge >= 0.3 is 0 Å². The number of rotatable bonds is 3. The molecule has 1 aliphatic rings. The summed E-state index contributed by atoms with van der Waals surface area (Å²) in [5.41, 5.74) is 4.56. The van der Waals surface area contributed by atoms with E-state index in [1.165, 1.54) is 17.5 Å². The minimum Gasteiger partial charge on any atom is -0.363 e. The molecule has 0 fully saturated rings. The molecule has 1 N–H and O–H groups in total. The first-order chi connectivity index (χ1) is 13.3. The van der Waals surface area contributed by atoms with Crippen LogP contribution in [0.2, 0.25) is 0 Å². The Kier molecular flexibility index (Phi) is 3.81. The molecule has 1 aliphatic carbocycles. The van der Waals surface area contributed by atoms with E-state index in [2.05, 4.69) is 39.7 Å². The zero-order valence-electron chi connectivity index (χ0n) is 15.1. The monoisotopic (exact) mass is 356 g/mol. The SMILES string of the molecule is Cn1ncc2c(N[C@@H]3CCCc4ccccc43)nc(-c3ccncc3)nc21. The van der Waals surface area contributed by atoms with Gasteiger partial charge in [0.25, 0.3) is 0 Å². The largest absolute Gasteiger partial charge is 0.363 e. The van der Waals surface area contributed by atoms with Crippen molar-refractivity contribution in [3.63, 3.8) is 0 Å². The molecule has 0 amide bonds. The van der Waals surface area contributed by atoms with Crippen molar-refractivity contribution in [2.45, 2.75) is 25.3 Å². The molecule has 6 nitrogen and oxygen atoms in total. The van der Waals surface area contributed by atoms with E-state index < -0.39 is 0 Å². The first kappa shape index (κ1) is 15.9. The number of hydrogen-bond acceptors (Lipinski definition) is 5. The van der Waals surface area contributed by atoms with Crippen molar-refractivity contribution in [2.75, 3.05) is 5.32 Å². The van der Waals surface area contributed by atoms with Crippen LogP contribution in [-0.4, -0.2) is 24.7 Å². The summed E-state index contributed by atoms with van der Waals surface area (Å²) in [5, 5.41) is 9.02. The Morgan fingerprint density at radius 3 is 2.81 bits per heavy atom. The second kappa shape index (κ2) is 6.46. The van der Waals surface area contributed by atoms with Crippen LogP contribution >= 0.6 is 0 Å². The lowest BCUT2D eigenvalue weighted by molar-refractivity contribution is 0.599. The number of hydrogen-bond donors (Lipinski definition) is 1. The summed E-state index contributed by atoms with van der Waals surface area (Å²) in [6.45, 7) is 0. The molecule has 0 unspecified atom stereocenters.